The van der Waals surface area contributed by atoms with E-state index in [-0.39, 0.29) is 0 Å². The Kier molecular flexibility index (Phi) is 15.7. The number of hydrogen-bond acceptors (Lipinski definition) is 12. The van der Waals surface area contributed by atoms with Crippen LogP contribution in [0.4, 0.5) is 0 Å². The highest BCUT2D eigenvalue weighted by Gasteiger charge is 2.25. The van der Waals surface area contributed by atoms with E-state index in [0.717, 1.165) is 105 Å². The molecule has 0 saturated heterocycles. The van der Waals surface area contributed by atoms with E-state index in [9.17, 15) is 47.4 Å². The first-order valence-corrected chi connectivity index (χ1v) is 32.7. The van der Waals surface area contributed by atoms with Crippen molar-refractivity contribution in [1.82, 2.24) is 24.1 Å². The first-order valence-electron chi connectivity index (χ1n) is 32.7. The van der Waals surface area contributed by atoms with Crippen molar-refractivity contribution in [1.29, 1.82) is 47.4 Å². The van der Waals surface area contributed by atoms with Gasteiger partial charge in [0, 0.05) is 43.8 Å². The first kappa shape index (κ1) is 62.7. The summed E-state index contributed by atoms with van der Waals surface area (Å²) in [5, 5.41) is 94.9. The molecule has 104 heavy (non-hydrogen) atoms. The molecule has 3 heterocycles. The molecule has 474 valence electrons. The molecule has 0 spiro atoms. The zero-order valence-corrected chi connectivity index (χ0v) is 54.7. The normalized spacial score (nSPS) is 10.8. The molecule has 0 radical (unpaired) electrons. The van der Waals surface area contributed by atoms with E-state index in [1.807, 2.05) is 133 Å². The fourth-order valence-electron chi connectivity index (χ4n) is 13.9. The Balaban J connectivity index is 1.01. The molecule has 3 aromatic heterocycles. The largest absolute Gasteiger partial charge is 0.309 e. The number of nitrogens with zero attached hydrogens (tertiary/aromatic N) is 14. The minimum Gasteiger partial charge on any atom is -0.309 e. The van der Waals surface area contributed by atoms with Crippen LogP contribution in [0.5, 0.6) is 0 Å². The lowest BCUT2D eigenvalue weighted by Crippen LogP contribution is -2.04. The molecule has 0 bridgehead atoms. The second kappa shape index (κ2) is 26.0. The van der Waals surface area contributed by atoms with Crippen LogP contribution in [0, 0.1) is 102 Å². The molecule has 0 fully saturated rings. The fourth-order valence-corrected chi connectivity index (χ4v) is 13.9. The van der Waals surface area contributed by atoms with Crippen LogP contribution in [0.2, 0.25) is 0 Å². The summed E-state index contributed by atoms with van der Waals surface area (Å²) >= 11 is 0. The third-order valence-electron chi connectivity index (χ3n) is 18.7. The predicted octanol–water partition coefficient (Wildman–Crippen LogP) is 19.9. The molecule has 13 aromatic carbocycles. The Labute approximate surface area is 595 Å². The molecular formula is C90H44N14. The maximum absolute atomic E-state index is 10.3. The summed E-state index contributed by atoms with van der Waals surface area (Å²) in [4.78, 5) is 16.0. The molecule has 14 heteroatoms. The van der Waals surface area contributed by atoms with Crippen molar-refractivity contribution in [3.8, 4) is 167 Å². The summed E-state index contributed by atoms with van der Waals surface area (Å²) in [7, 11) is 0. The average molecular weight is 1320 g/mol. The number of fused-ring (bicyclic) bond motifs is 6. The standard InChI is InChI=1S/C90H44N14/c91-45-54-8-7-13-65(30-54)66-14-20-82(103-83-21-15-67(72-31-55(46-92)26-56(32-72)47-93)40-77(83)78-41-68(16-22-84(78)103)73-33-57(48-94)27-58(34-73)49-95)76(39-66)71-19-25-87(81(44-71)90-101-88(63-9-3-1-4-10-63)100-89(102-90)64-11-5-2-6-12-64)104-85-23-17-69(74-35-59(50-96)28-60(36-74)51-97)42-79(85)80-43-70(18-24-86(80)104)75-37-61(52-98)29-62(38-75)53-99/h1-44H. The molecule has 0 aliphatic rings. The Bertz CT molecular complexity index is 6340. The molecule has 0 amide bonds. The summed E-state index contributed by atoms with van der Waals surface area (Å²) in [6.07, 6.45) is 0. The number of nitriles is 9. The molecular weight excluding hydrogens is 1280 g/mol. The average Bonchev–Trinajstić information content (AvgIpc) is 1.55. The van der Waals surface area contributed by atoms with Gasteiger partial charge < -0.3 is 9.13 Å². The zero-order valence-electron chi connectivity index (χ0n) is 54.7. The van der Waals surface area contributed by atoms with E-state index in [1.165, 1.54) is 0 Å². The fraction of sp³-hybridized carbons (Fsp3) is 0. The smallest absolute Gasteiger partial charge is 0.166 e. The monoisotopic (exact) mass is 1320 g/mol. The van der Waals surface area contributed by atoms with E-state index in [2.05, 4.69) is 118 Å². The van der Waals surface area contributed by atoms with Crippen molar-refractivity contribution in [2.45, 2.75) is 0 Å². The Morgan fingerprint density at radius 3 is 0.808 bits per heavy atom. The number of benzene rings is 13. The van der Waals surface area contributed by atoms with E-state index in [4.69, 9.17) is 15.0 Å². The van der Waals surface area contributed by atoms with Crippen LogP contribution in [0.1, 0.15) is 50.1 Å². The molecule has 16 aromatic rings. The predicted molar refractivity (Wildman–Crippen MR) is 400 cm³/mol. The highest BCUT2D eigenvalue weighted by atomic mass is 15.1. The van der Waals surface area contributed by atoms with Crippen molar-refractivity contribution in [3.63, 3.8) is 0 Å². The lowest BCUT2D eigenvalue weighted by atomic mass is 9.94. The SMILES string of the molecule is N#Cc1cccc(-c2ccc(-n3c4ccc(-c5cc(C#N)cc(C#N)c5)cc4c4cc(-c5cc(C#N)cc(C#N)c5)ccc43)c(-c3ccc(-n4c5ccc(-c6cc(C#N)cc(C#N)c6)cc5c5cc(-c6cc(C#N)cc(C#N)c6)ccc54)c(-c4nc(-c5ccccc5)nc(-c5ccccc5)n4)c3)c2)c1. The maximum Gasteiger partial charge on any atom is 0.166 e. The second-order valence-corrected chi connectivity index (χ2v) is 24.9. The number of aromatic nitrogens is 5. The summed E-state index contributed by atoms with van der Waals surface area (Å²) in [6.45, 7) is 0. The van der Waals surface area contributed by atoms with E-state index < -0.39 is 0 Å². The van der Waals surface area contributed by atoms with Gasteiger partial charge in [-0.25, -0.2) is 15.0 Å². The highest BCUT2D eigenvalue weighted by molar-refractivity contribution is 6.14. The van der Waals surface area contributed by atoms with Crippen LogP contribution in [0.3, 0.4) is 0 Å². The van der Waals surface area contributed by atoms with E-state index in [0.29, 0.717) is 101 Å². The van der Waals surface area contributed by atoms with Crippen LogP contribution >= 0.6 is 0 Å². The molecule has 0 atom stereocenters. The van der Waals surface area contributed by atoms with Gasteiger partial charge >= 0.3 is 0 Å². The van der Waals surface area contributed by atoms with Gasteiger partial charge in [-0.1, -0.05) is 109 Å². The molecule has 14 nitrogen and oxygen atoms in total. The van der Waals surface area contributed by atoms with Crippen LogP contribution in [0.15, 0.2) is 267 Å². The van der Waals surface area contributed by atoms with Gasteiger partial charge in [-0.05, 0) is 219 Å². The van der Waals surface area contributed by atoms with Gasteiger partial charge in [-0.2, -0.15) is 47.4 Å². The summed E-state index contributed by atoms with van der Waals surface area (Å²) in [5.41, 5.74) is 18.6. The summed E-state index contributed by atoms with van der Waals surface area (Å²) < 4.78 is 4.38. The van der Waals surface area contributed by atoms with Gasteiger partial charge in [0.25, 0.3) is 0 Å². The lowest BCUT2D eigenvalue weighted by Gasteiger charge is -2.19. The van der Waals surface area contributed by atoms with Crippen molar-refractivity contribution in [3.05, 3.63) is 317 Å². The van der Waals surface area contributed by atoms with Crippen LogP contribution in [-0.4, -0.2) is 24.1 Å². The molecule has 0 aliphatic carbocycles. The maximum atomic E-state index is 10.3. The summed E-state index contributed by atoms with van der Waals surface area (Å²) in [5.74, 6) is 1.18. The molecule has 0 saturated carbocycles. The molecule has 16 rings (SSSR count). The second-order valence-electron chi connectivity index (χ2n) is 24.9. The van der Waals surface area contributed by atoms with E-state index in [1.54, 1.807) is 78.9 Å². The highest BCUT2D eigenvalue weighted by Crippen LogP contribution is 2.46. The van der Waals surface area contributed by atoms with Crippen LogP contribution < -0.4 is 0 Å². The van der Waals surface area contributed by atoms with Crippen molar-refractivity contribution in [2.75, 3.05) is 0 Å². The Morgan fingerprint density at radius 1 is 0.192 bits per heavy atom. The molecule has 0 unspecified atom stereocenters. The summed E-state index contributed by atoms with van der Waals surface area (Å²) in [6, 6.07) is 104. The van der Waals surface area contributed by atoms with Gasteiger partial charge in [0.15, 0.2) is 17.5 Å². The zero-order chi connectivity index (χ0) is 71.1. The van der Waals surface area contributed by atoms with Gasteiger partial charge in [0.1, 0.15) is 0 Å². The van der Waals surface area contributed by atoms with E-state index >= 15 is 0 Å². The van der Waals surface area contributed by atoms with Gasteiger partial charge in [-0.15, -0.1) is 0 Å². The molecule has 0 aliphatic heterocycles. The third-order valence-corrected chi connectivity index (χ3v) is 18.7. The number of hydrogen-bond donors (Lipinski definition) is 0. The minimum absolute atomic E-state index is 0.331. The van der Waals surface area contributed by atoms with Gasteiger partial charge in [0.2, 0.25) is 0 Å². The quantitative estimate of drug-likeness (QED) is 0.117. The van der Waals surface area contributed by atoms with Crippen molar-refractivity contribution in [2.24, 2.45) is 0 Å². The van der Waals surface area contributed by atoms with Crippen LogP contribution in [0.25, 0.3) is 156 Å². The Morgan fingerprint density at radius 2 is 0.462 bits per heavy atom. The van der Waals surface area contributed by atoms with Crippen molar-refractivity contribution < 1.29 is 0 Å². The Hall–Kier alpha value is -16.1. The topological polar surface area (TPSA) is 263 Å². The number of rotatable bonds is 11. The minimum atomic E-state index is 0.331. The van der Waals surface area contributed by atoms with Crippen molar-refractivity contribution >= 4 is 43.6 Å². The van der Waals surface area contributed by atoms with Crippen LogP contribution in [-0.2, 0) is 0 Å². The lowest BCUT2D eigenvalue weighted by molar-refractivity contribution is 1.06. The molecule has 0 N–H and O–H groups in total. The van der Waals surface area contributed by atoms with Gasteiger partial charge in [-0.3, -0.25) is 0 Å². The van der Waals surface area contributed by atoms with Gasteiger partial charge in [0.05, 0.1) is 138 Å². The third kappa shape index (κ3) is 11.3. The first-order chi connectivity index (χ1) is 51.0.